The van der Waals surface area contributed by atoms with Crippen molar-refractivity contribution < 1.29 is 4.79 Å². The minimum Gasteiger partial charge on any atom is -0.368 e. The number of nitrogens with two attached hydrogens (primary N) is 1. The molecule has 1 unspecified atom stereocenters. The van der Waals surface area contributed by atoms with Crippen LogP contribution in [0.3, 0.4) is 0 Å². The molecule has 0 aromatic carbocycles. The molecular weight excluding hydrogens is 264 g/mol. The van der Waals surface area contributed by atoms with Gasteiger partial charge in [0.2, 0.25) is 5.91 Å². The van der Waals surface area contributed by atoms with Crippen molar-refractivity contribution in [2.45, 2.75) is 58.0 Å². The molecule has 0 aromatic rings. The summed E-state index contributed by atoms with van der Waals surface area (Å²) in [6, 6.07) is 0.260. The molecule has 0 heterocycles. The molecule has 0 bridgehead atoms. The molecule has 21 heavy (non-hydrogen) atoms. The molecule has 0 saturated heterocycles. The molecule has 0 aromatic heterocycles. The minimum absolute atomic E-state index is 0.254. The Morgan fingerprint density at radius 2 is 1.67 bits per heavy atom. The van der Waals surface area contributed by atoms with Gasteiger partial charge in [-0.1, -0.05) is 0 Å². The number of rotatable bonds is 12. The fraction of sp³-hybridized carbons (Fsp3) is 0.938. The number of carbonyl (C=O) groups is 1. The fourth-order valence-corrected chi connectivity index (χ4v) is 2.53. The highest BCUT2D eigenvalue weighted by atomic mass is 16.1. The summed E-state index contributed by atoms with van der Waals surface area (Å²) in [7, 11) is 6.37. The van der Waals surface area contributed by atoms with Gasteiger partial charge in [-0.15, -0.1) is 0 Å². The van der Waals surface area contributed by atoms with E-state index in [9.17, 15) is 4.79 Å². The van der Waals surface area contributed by atoms with E-state index < -0.39 is 5.54 Å². The van der Waals surface area contributed by atoms with Crippen LogP contribution < -0.4 is 11.1 Å². The quantitative estimate of drug-likeness (QED) is 0.533. The van der Waals surface area contributed by atoms with Crippen LogP contribution in [0, 0.1) is 0 Å². The van der Waals surface area contributed by atoms with Crippen molar-refractivity contribution in [2.24, 2.45) is 5.73 Å². The summed E-state index contributed by atoms with van der Waals surface area (Å²) in [5, 5.41) is 3.30. The first-order valence-corrected chi connectivity index (χ1v) is 8.08. The summed E-state index contributed by atoms with van der Waals surface area (Å²) >= 11 is 0. The molecule has 0 radical (unpaired) electrons. The second-order valence-electron chi connectivity index (χ2n) is 6.91. The summed E-state index contributed by atoms with van der Waals surface area (Å²) in [5.74, 6) is -0.254. The van der Waals surface area contributed by atoms with E-state index in [1.54, 1.807) is 0 Å². The summed E-state index contributed by atoms with van der Waals surface area (Å²) in [6.45, 7) is 9.32. The Hall–Kier alpha value is -0.650. The van der Waals surface area contributed by atoms with Crippen LogP contribution in [-0.2, 0) is 4.79 Å². The maximum Gasteiger partial charge on any atom is 0.237 e. The smallest absolute Gasteiger partial charge is 0.237 e. The second-order valence-corrected chi connectivity index (χ2v) is 6.91. The number of nitrogens with zero attached hydrogens (tertiary/aromatic N) is 2. The first-order valence-electron chi connectivity index (χ1n) is 8.08. The molecular formula is C16H36N4O. The topological polar surface area (TPSA) is 61.6 Å². The number of nitrogens with one attached hydrogen (secondary N) is 1. The lowest BCUT2D eigenvalue weighted by atomic mass is 9.93. The van der Waals surface area contributed by atoms with Crippen molar-refractivity contribution >= 4 is 5.91 Å². The fourth-order valence-electron chi connectivity index (χ4n) is 2.53. The van der Waals surface area contributed by atoms with E-state index in [0.29, 0.717) is 0 Å². The maximum absolute atomic E-state index is 11.6. The number of primary amides is 1. The molecule has 0 aliphatic carbocycles. The van der Waals surface area contributed by atoms with Gasteiger partial charge in [-0.25, -0.2) is 0 Å². The van der Waals surface area contributed by atoms with Crippen LogP contribution >= 0.6 is 0 Å². The summed E-state index contributed by atoms with van der Waals surface area (Å²) in [5.41, 5.74) is 4.95. The van der Waals surface area contributed by atoms with Gasteiger partial charge in [-0.3, -0.25) is 4.79 Å². The van der Waals surface area contributed by atoms with Crippen LogP contribution in [0.2, 0.25) is 0 Å². The molecule has 0 saturated carbocycles. The maximum atomic E-state index is 11.6. The van der Waals surface area contributed by atoms with Gasteiger partial charge in [0.15, 0.2) is 0 Å². The Morgan fingerprint density at radius 1 is 1.10 bits per heavy atom. The predicted octanol–water partition coefficient (Wildman–Crippen LogP) is 1.28. The monoisotopic (exact) mass is 300 g/mol. The second kappa shape index (κ2) is 10.1. The lowest BCUT2D eigenvalue weighted by molar-refractivity contribution is -0.124. The van der Waals surface area contributed by atoms with Gasteiger partial charge in [0, 0.05) is 6.04 Å². The molecule has 0 fully saturated rings. The molecule has 0 aliphatic rings. The Morgan fingerprint density at radius 3 is 2.14 bits per heavy atom. The van der Waals surface area contributed by atoms with Crippen molar-refractivity contribution in [3.63, 3.8) is 0 Å². The van der Waals surface area contributed by atoms with E-state index in [1.165, 1.54) is 6.42 Å². The minimum atomic E-state index is -0.586. The molecule has 3 N–H and O–H groups in total. The summed E-state index contributed by atoms with van der Waals surface area (Å²) < 4.78 is 0. The number of hydrogen-bond acceptors (Lipinski definition) is 4. The van der Waals surface area contributed by atoms with Gasteiger partial charge >= 0.3 is 0 Å². The highest BCUT2D eigenvalue weighted by Crippen LogP contribution is 2.15. The number of hydrogen-bond donors (Lipinski definition) is 2. The Balaban J connectivity index is 3.92. The van der Waals surface area contributed by atoms with E-state index >= 15 is 0 Å². The standard InChI is InChI=1S/C16H36N4O/c1-14(2)18-16(3,15(17)21)10-7-8-12-20(6)13-9-11-19(4)5/h14,18H,7-13H2,1-6H3,(H2,17,21). The zero-order valence-corrected chi connectivity index (χ0v) is 14.9. The van der Waals surface area contributed by atoms with Gasteiger partial charge < -0.3 is 20.9 Å². The SMILES string of the molecule is CC(C)NC(C)(CCCCN(C)CCCN(C)C)C(N)=O. The van der Waals surface area contributed by atoms with Gasteiger partial charge in [0.25, 0.3) is 0 Å². The van der Waals surface area contributed by atoms with E-state index in [2.05, 4.69) is 36.3 Å². The van der Waals surface area contributed by atoms with Crippen molar-refractivity contribution in [1.29, 1.82) is 0 Å². The van der Waals surface area contributed by atoms with Crippen molar-refractivity contribution in [3.05, 3.63) is 0 Å². The van der Waals surface area contributed by atoms with Crippen LogP contribution in [0.4, 0.5) is 0 Å². The van der Waals surface area contributed by atoms with Crippen LogP contribution in [0.5, 0.6) is 0 Å². The lowest BCUT2D eigenvalue weighted by Crippen LogP contribution is -2.55. The Kier molecular flexibility index (Phi) is 9.83. The largest absolute Gasteiger partial charge is 0.368 e. The highest BCUT2D eigenvalue weighted by Gasteiger charge is 2.30. The molecule has 0 aliphatic heterocycles. The molecule has 0 spiro atoms. The van der Waals surface area contributed by atoms with E-state index in [-0.39, 0.29) is 11.9 Å². The van der Waals surface area contributed by atoms with Crippen molar-refractivity contribution in [3.8, 4) is 0 Å². The third-order valence-electron chi connectivity index (χ3n) is 3.76. The molecule has 126 valence electrons. The zero-order chi connectivity index (χ0) is 16.5. The molecule has 1 atom stereocenters. The Labute approximate surface area is 131 Å². The van der Waals surface area contributed by atoms with Crippen LogP contribution in [0.1, 0.15) is 46.5 Å². The highest BCUT2D eigenvalue weighted by molar-refractivity contribution is 5.84. The van der Waals surface area contributed by atoms with Crippen LogP contribution in [0.15, 0.2) is 0 Å². The Bertz CT molecular complexity index is 294. The number of unbranched alkanes of at least 4 members (excludes halogenated alkanes) is 1. The molecule has 1 amide bonds. The first-order chi connectivity index (χ1) is 9.67. The average Bonchev–Trinajstić information content (AvgIpc) is 2.33. The third-order valence-corrected chi connectivity index (χ3v) is 3.76. The lowest BCUT2D eigenvalue weighted by Gasteiger charge is -2.30. The van der Waals surface area contributed by atoms with Crippen molar-refractivity contribution in [2.75, 3.05) is 40.8 Å². The zero-order valence-electron chi connectivity index (χ0n) is 14.9. The summed E-state index contributed by atoms with van der Waals surface area (Å²) in [6.07, 6.45) is 4.10. The van der Waals surface area contributed by atoms with Gasteiger partial charge in [-0.05, 0) is 87.2 Å². The predicted molar refractivity (Wildman–Crippen MR) is 90.4 cm³/mol. The first kappa shape index (κ1) is 20.3. The van der Waals surface area contributed by atoms with E-state index in [0.717, 1.165) is 38.9 Å². The molecule has 5 heteroatoms. The summed E-state index contributed by atoms with van der Waals surface area (Å²) in [4.78, 5) is 16.2. The van der Waals surface area contributed by atoms with E-state index in [1.807, 2.05) is 20.8 Å². The van der Waals surface area contributed by atoms with Gasteiger partial charge in [0.1, 0.15) is 0 Å². The number of carbonyl (C=O) groups excluding carboxylic acids is 1. The van der Waals surface area contributed by atoms with Gasteiger partial charge in [0.05, 0.1) is 5.54 Å². The van der Waals surface area contributed by atoms with E-state index in [4.69, 9.17) is 5.73 Å². The molecule has 5 nitrogen and oxygen atoms in total. The van der Waals surface area contributed by atoms with Gasteiger partial charge in [-0.2, -0.15) is 0 Å². The molecule has 0 rings (SSSR count). The van der Waals surface area contributed by atoms with Crippen molar-refractivity contribution in [1.82, 2.24) is 15.1 Å². The van der Waals surface area contributed by atoms with Crippen LogP contribution in [0.25, 0.3) is 0 Å². The average molecular weight is 300 g/mol. The number of amides is 1. The van der Waals surface area contributed by atoms with Crippen LogP contribution in [-0.4, -0.2) is 68.1 Å². The third kappa shape index (κ3) is 9.82. The normalized spacial score (nSPS) is 14.9.